The van der Waals surface area contributed by atoms with Crippen molar-refractivity contribution in [1.82, 2.24) is 5.32 Å². The van der Waals surface area contributed by atoms with Crippen molar-refractivity contribution in [1.29, 1.82) is 0 Å². The van der Waals surface area contributed by atoms with Crippen LogP contribution in [0.3, 0.4) is 0 Å². The predicted octanol–water partition coefficient (Wildman–Crippen LogP) is 12.3. The lowest BCUT2D eigenvalue weighted by Crippen LogP contribution is -2.46. The molecule has 0 aromatic rings. The second-order valence-electron chi connectivity index (χ2n) is 14.7. The van der Waals surface area contributed by atoms with E-state index in [1.165, 1.54) is 89.9 Å². The first kappa shape index (κ1) is 49.8. The number of esters is 1. The number of allylic oxidation sites excluding steroid dienone is 8. The number of unbranched alkanes of at least 4 members (excludes halogenated alkanes) is 18. The molecule has 3 N–H and O–H groups in total. The van der Waals surface area contributed by atoms with E-state index in [1.54, 1.807) is 0 Å². The van der Waals surface area contributed by atoms with Gasteiger partial charge in [-0.1, -0.05) is 179 Å². The minimum absolute atomic E-state index is 0.0556. The Morgan fingerprint density at radius 2 is 0.981 bits per heavy atom. The quantitative estimate of drug-likeness (QED) is 0.0334. The minimum atomic E-state index is -0.791. The largest absolute Gasteiger partial charge is 0.462 e. The summed E-state index contributed by atoms with van der Waals surface area (Å²) in [4.78, 5) is 25.8. The summed E-state index contributed by atoms with van der Waals surface area (Å²) < 4.78 is 5.83. The molecule has 0 rings (SSSR count). The highest BCUT2D eigenvalue weighted by molar-refractivity contribution is 5.77. The lowest BCUT2D eigenvalue weighted by atomic mass is 10.0. The second kappa shape index (κ2) is 40.0. The SMILES string of the molecule is CCCCC/C=C\C/C=C\C/C=C\C/C=C\CCCC(=O)OC(CCCCCCCCC)CC(=O)NC(CO)C(O)CCCCCCCCCCC. The average molecular weight is 730 g/mol. The van der Waals surface area contributed by atoms with Crippen LogP contribution in [0.5, 0.6) is 0 Å². The third-order valence-corrected chi connectivity index (χ3v) is 9.66. The van der Waals surface area contributed by atoms with E-state index < -0.39 is 18.2 Å². The Morgan fingerprint density at radius 1 is 0.558 bits per heavy atom. The first-order valence-corrected chi connectivity index (χ1v) is 21.9. The van der Waals surface area contributed by atoms with E-state index in [0.29, 0.717) is 25.7 Å². The van der Waals surface area contributed by atoms with Crippen molar-refractivity contribution in [2.24, 2.45) is 0 Å². The molecule has 6 heteroatoms. The van der Waals surface area contributed by atoms with Crippen LogP contribution in [0.25, 0.3) is 0 Å². The first-order valence-electron chi connectivity index (χ1n) is 21.9. The van der Waals surface area contributed by atoms with E-state index >= 15 is 0 Å². The summed E-state index contributed by atoms with van der Waals surface area (Å²) in [6, 6.07) is -0.707. The van der Waals surface area contributed by atoms with Crippen molar-refractivity contribution in [3.8, 4) is 0 Å². The minimum Gasteiger partial charge on any atom is -0.462 e. The topological polar surface area (TPSA) is 95.9 Å². The van der Waals surface area contributed by atoms with E-state index in [2.05, 4.69) is 74.7 Å². The maximum absolute atomic E-state index is 13.0. The standard InChI is InChI=1S/C46H83NO5/c1-4-7-10-13-16-18-19-20-21-22-23-24-25-27-30-33-36-39-46(51)52-42(37-34-31-28-15-12-9-6-3)40-45(50)47-43(41-48)44(49)38-35-32-29-26-17-14-11-8-5-2/h16,18,20-21,23-24,27,30,42-44,48-49H,4-15,17,19,22,25-26,28-29,31-41H2,1-3H3,(H,47,50)/b18-16-,21-20-,24-23-,30-27-. The van der Waals surface area contributed by atoms with Crippen LogP contribution < -0.4 is 5.32 Å². The molecule has 0 aliphatic rings. The zero-order valence-corrected chi connectivity index (χ0v) is 34.2. The van der Waals surface area contributed by atoms with Gasteiger partial charge in [-0.3, -0.25) is 9.59 Å². The highest BCUT2D eigenvalue weighted by Crippen LogP contribution is 2.16. The van der Waals surface area contributed by atoms with Crippen molar-refractivity contribution in [2.75, 3.05) is 6.61 Å². The average Bonchev–Trinajstić information content (AvgIpc) is 3.13. The number of carbonyl (C=O) groups is 2. The van der Waals surface area contributed by atoms with Gasteiger partial charge in [-0.2, -0.15) is 0 Å². The van der Waals surface area contributed by atoms with Gasteiger partial charge in [0.1, 0.15) is 6.10 Å². The van der Waals surface area contributed by atoms with Crippen LogP contribution in [0.1, 0.15) is 207 Å². The number of hydrogen-bond donors (Lipinski definition) is 3. The number of aliphatic hydroxyl groups excluding tert-OH is 2. The molecule has 0 radical (unpaired) electrons. The monoisotopic (exact) mass is 730 g/mol. The van der Waals surface area contributed by atoms with Crippen LogP contribution in [0.4, 0.5) is 0 Å². The van der Waals surface area contributed by atoms with Crippen molar-refractivity contribution >= 4 is 11.9 Å². The van der Waals surface area contributed by atoms with E-state index in [0.717, 1.165) is 64.2 Å². The van der Waals surface area contributed by atoms with E-state index in [4.69, 9.17) is 4.74 Å². The summed E-state index contributed by atoms with van der Waals surface area (Å²) in [6.07, 6.45) is 46.1. The van der Waals surface area contributed by atoms with Crippen LogP contribution in [0.15, 0.2) is 48.6 Å². The van der Waals surface area contributed by atoms with Crippen LogP contribution in [-0.2, 0) is 14.3 Å². The first-order chi connectivity index (χ1) is 25.5. The number of hydrogen-bond acceptors (Lipinski definition) is 5. The summed E-state index contributed by atoms with van der Waals surface area (Å²) >= 11 is 0. The molecular weight excluding hydrogens is 647 g/mol. The third-order valence-electron chi connectivity index (χ3n) is 9.66. The van der Waals surface area contributed by atoms with Gasteiger partial charge in [0.25, 0.3) is 0 Å². The molecular formula is C46H83NO5. The van der Waals surface area contributed by atoms with Gasteiger partial charge in [-0.25, -0.2) is 0 Å². The second-order valence-corrected chi connectivity index (χ2v) is 14.7. The van der Waals surface area contributed by atoms with Crippen LogP contribution in [0, 0.1) is 0 Å². The van der Waals surface area contributed by atoms with Gasteiger partial charge in [0.15, 0.2) is 0 Å². The van der Waals surface area contributed by atoms with Crippen LogP contribution >= 0.6 is 0 Å². The number of rotatable bonds is 38. The Labute approximate surface area is 321 Å². The summed E-state index contributed by atoms with van der Waals surface area (Å²) in [6.45, 7) is 6.37. The Balaban J connectivity index is 4.55. The Hall–Kier alpha value is -2.18. The van der Waals surface area contributed by atoms with Crippen LogP contribution in [0.2, 0.25) is 0 Å². The van der Waals surface area contributed by atoms with Crippen molar-refractivity contribution in [3.63, 3.8) is 0 Å². The molecule has 0 fully saturated rings. The van der Waals surface area contributed by atoms with Gasteiger partial charge in [-0.05, 0) is 64.2 Å². The molecule has 1 amide bonds. The number of ether oxygens (including phenoxy) is 1. The third kappa shape index (κ3) is 34.9. The van der Waals surface area contributed by atoms with Gasteiger partial charge in [0, 0.05) is 6.42 Å². The fourth-order valence-corrected chi connectivity index (χ4v) is 6.30. The number of nitrogens with one attached hydrogen (secondary N) is 1. The van der Waals surface area contributed by atoms with Crippen molar-refractivity contribution in [3.05, 3.63) is 48.6 Å². The summed E-state index contributed by atoms with van der Waals surface area (Å²) in [5, 5.41) is 23.5. The van der Waals surface area contributed by atoms with E-state index in [-0.39, 0.29) is 24.9 Å². The van der Waals surface area contributed by atoms with E-state index in [9.17, 15) is 19.8 Å². The molecule has 302 valence electrons. The summed E-state index contributed by atoms with van der Waals surface area (Å²) in [5.41, 5.74) is 0. The van der Waals surface area contributed by atoms with Gasteiger partial charge in [0.05, 0.1) is 25.2 Å². The Kier molecular flexibility index (Phi) is 38.3. The number of carbonyl (C=O) groups excluding carboxylic acids is 2. The summed E-state index contributed by atoms with van der Waals surface area (Å²) in [7, 11) is 0. The molecule has 0 saturated carbocycles. The van der Waals surface area contributed by atoms with Crippen molar-refractivity contribution < 1.29 is 24.5 Å². The van der Waals surface area contributed by atoms with Crippen LogP contribution in [-0.4, -0.2) is 46.9 Å². The smallest absolute Gasteiger partial charge is 0.306 e. The molecule has 0 aliphatic carbocycles. The fourth-order valence-electron chi connectivity index (χ4n) is 6.30. The normalized spacial score (nSPS) is 13.9. The Morgan fingerprint density at radius 3 is 1.48 bits per heavy atom. The van der Waals surface area contributed by atoms with Gasteiger partial charge in [-0.15, -0.1) is 0 Å². The highest BCUT2D eigenvalue weighted by Gasteiger charge is 2.24. The zero-order chi connectivity index (χ0) is 38.2. The van der Waals surface area contributed by atoms with Crippen molar-refractivity contribution in [2.45, 2.75) is 225 Å². The predicted molar refractivity (Wildman–Crippen MR) is 222 cm³/mol. The lowest BCUT2D eigenvalue weighted by Gasteiger charge is -2.24. The molecule has 3 atom stereocenters. The molecule has 3 unspecified atom stereocenters. The Bertz CT molecular complexity index is 910. The maximum Gasteiger partial charge on any atom is 0.306 e. The van der Waals surface area contributed by atoms with Gasteiger partial charge >= 0.3 is 5.97 Å². The molecule has 0 bridgehead atoms. The fraction of sp³-hybridized carbons (Fsp3) is 0.783. The zero-order valence-electron chi connectivity index (χ0n) is 34.2. The molecule has 6 nitrogen and oxygen atoms in total. The summed E-state index contributed by atoms with van der Waals surface area (Å²) in [5.74, 6) is -0.548. The maximum atomic E-state index is 13.0. The molecule has 52 heavy (non-hydrogen) atoms. The lowest BCUT2D eigenvalue weighted by molar-refractivity contribution is -0.151. The van der Waals surface area contributed by atoms with Gasteiger partial charge in [0.2, 0.25) is 5.91 Å². The molecule has 0 aliphatic heterocycles. The number of aliphatic hydroxyl groups is 2. The molecule has 0 spiro atoms. The number of amides is 1. The molecule has 0 saturated heterocycles. The van der Waals surface area contributed by atoms with E-state index in [1.807, 2.05) is 0 Å². The molecule has 0 aromatic heterocycles. The highest BCUT2D eigenvalue weighted by atomic mass is 16.5. The van der Waals surface area contributed by atoms with Gasteiger partial charge < -0.3 is 20.3 Å². The molecule has 0 heterocycles. The molecule has 0 aromatic carbocycles.